The van der Waals surface area contributed by atoms with Crippen LogP contribution in [0, 0.1) is 0 Å². The van der Waals surface area contributed by atoms with Crippen LogP contribution in [0.25, 0.3) is 6.08 Å². The fourth-order valence-corrected chi connectivity index (χ4v) is 3.33. The van der Waals surface area contributed by atoms with Crippen LogP contribution in [0.3, 0.4) is 0 Å². The number of anilines is 3. The molecule has 2 amide bonds. The molecule has 0 unspecified atom stereocenters. The molecule has 0 fully saturated rings. The number of amides is 2. The van der Waals surface area contributed by atoms with Crippen LogP contribution in [0.5, 0.6) is 0 Å². The molecular weight excluding hydrogens is 428 g/mol. The van der Waals surface area contributed by atoms with Gasteiger partial charge >= 0.3 is 0 Å². The number of thiazole rings is 1. The predicted octanol–water partition coefficient (Wildman–Crippen LogP) is 4.64. The normalized spacial score (nSPS) is 10.7. The maximum atomic E-state index is 12.0. The number of nitrogens with zero attached hydrogens (tertiary/aromatic N) is 3. The number of hydrogen-bond acceptors (Lipinski definition) is 5. The lowest BCUT2D eigenvalue weighted by molar-refractivity contribution is -0.116. The molecule has 3 rings (SSSR count). The molecule has 0 saturated heterocycles. The highest BCUT2D eigenvalue weighted by Crippen LogP contribution is 2.29. The van der Waals surface area contributed by atoms with Gasteiger partial charge in [-0.15, -0.1) is 11.3 Å². The number of hydrogen-bond donors (Lipinski definition) is 1. The number of rotatable bonds is 5. The SMILES string of the molecule is CC(=O)N(c1ccccc1)c1nc(/C=C/C(=O)Nc2ccc(Br)cn2)cs1. The molecule has 136 valence electrons. The Balaban J connectivity index is 1.71. The molecule has 2 aromatic heterocycles. The number of para-hydroxylation sites is 1. The Morgan fingerprint density at radius 2 is 1.96 bits per heavy atom. The molecule has 8 heteroatoms. The molecule has 0 aliphatic heterocycles. The summed E-state index contributed by atoms with van der Waals surface area (Å²) >= 11 is 4.62. The third-order valence-electron chi connectivity index (χ3n) is 3.41. The summed E-state index contributed by atoms with van der Waals surface area (Å²) in [6, 6.07) is 12.8. The molecule has 0 radical (unpaired) electrons. The van der Waals surface area contributed by atoms with Crippen LogP contribution < -0.4 is 10.2 Å². The quantitative estimate of drug-likeness (QED) is 0.584. The largest absolute Gasteiger partial charge is 0.307 e. The van der Waals surface area contributed by atoms with Crippen molar-refractivity contribution >= 4 is 61.8 Å². The van der Waals surface area contributed by atoms with E-state index in [1.165, 1.54) is 29.2 Å². The van der Waals surface area contributed by atoms with Gasteiger partial charge in [0.15, 0.2) is 5.13 Å². The molecule has 0 aliphatic rings. The van der Waals surface area contributed by atoms with Gasteiger partial charge < -0.3 is 5.32 Å². The topological polar surface area (TPSA) is 75.2 Å². The van der Waals surface area contributed by atoms with Crippen LogP contribution in [0.2, 0.25) is 0 Å². The second-order valence-electron chi connectivity index (χ2n) is 5.43. The molecule has 2 heterocycles. The van der Waals surface area contributed by atoms with Crippen molar-refractivity contribution in [3.05, 3.63) is 70.3 Å². The van der Waals surface area contributed by atoms with Crippen LogP contribution in [0.1, 0.15) is 12.6 Å². The van der Waals surface area contributed by atoms with E-state index in [0.717, 1.165) is 10.2 Å². The monoisotopic (exact) mass is 442 g/mol. The van der Waals surface area contributed by atoms with E-state index in [1.54, 1.807) is 29.8 Å². The van der Waals surface area contributed by atoms with Crippen molar-refractivity contribution in [2.75, 3.05) is 10.2 Å². The van der Waals surface area contributed by atoms with E-state index in [-0.39, 0.29) is 11.8 Å². The van der Waals surface area contributed by atoms with Crippen LogP contribution in [0.4, 0.5) is 16.6 Å². The zero-order valence-electron chi connectivity index (χ0n) is 14.3. The number of carbonyl (C=O) groups excluding carboxylic acids is 2. The Bertz CT molecular complexity index is 971. The molecule has 0 saturated carbocycles. The van der Waals surface area contributed by atoms with Gasteiger partial charge in [0, 0.05) is 29.0 Å². The lowest BCUT2D eigenvalue weighted by Gasteiger charge is -2.17. The zero-order valence-corrected chi connectivity index (χ0v) is 16.7. The zero-order chi connectivity index (χ0) is 19.2. The van der Waals surface area contributed by atoms with Crippen LogP contribution in [-0.2, 0) is 9.59 Å². The van der Waals surface area contributed by atoms with Crippen LogP contribution in [0.15, 0.2) is 64.6 Å². The molecular formula is C19H15BrN4O2S. The first-order valence-electron chi connectivity index (χ1n) is 7.95. The summed E-state index contributed by atoms with van der Waals surface area (Å²) in [5.41, 5.74) is 1.34. The van der Waals surface area contributed by atoms with Gasteiger partial charge in [0.1, 0.15) is 5.82 Å². The molecule has 3 aromatic rings. The van der Waals surface area contributed by atoms with Crippen molar-refractivity contribution in [2.24, 2.45) is 0 Å². The van der Waals surface area contributed by atoms with E-state index in [9.17, 15) is 9.59 Å². The highest BCUT2D eigenvalue weighted by Gasteiger charge is 2.17. The van der Waals surface area contributed by atoms with Crippen molar-refractivity contribution in [2.45, 2.75) is 6.92 Å². The van der Waals surface area contributed by atoms with E-state index in [4.69, 9.17) is 0 Å². The second kappa shape index (κ2) is 8.70. The third-order valence-corrected chi connectivity index (χ3v) is 4.73. The van der Waals surface area contributed by atoms with Crippen molar-refractivity contribution in [1.29, 1.82) is 0 Å². The maximum absolute atomic E-state index is 12.0. The van der Waals surface area contributed by atoms with Gasteiger partial charge in [-0.25, -0.2) is 9.97 Å². The van der Waals surface area contributed by atoms with Crippen molar-refractivity contribution in [3.8, 4) is 0 Å². The first kappa shape index (κ1) is 18.9. The lowest BCUT2D eigenvalue weighted by atomic mass is 10.3. The van der Waals surface area contributed by atoms with E-state index in [1.807, 2.05) is 30.3 Å². The number of pyridine rings is 1. The summed E-state index contributed by atoms with van der Waals surface area (Å²) in [7, 11) is 0. The highest BCUT2D eigenvalue weighted by molar-refractivity contribution is 9.10. The molecule has 6 nitrogen and oxygen atoms in total. The minimum Gasteiger partial charge on any atom is -0.307 e. The fraction of sp³-hybridized carbons (Fsp3) is 0.0526. The standard InChI is InChI=1S/C19H15BrN4O2S/c1-13(25)24(16-5-3-2-4-6-16)19-22-15(12-27-19)8-10-18(26)23-17-9-7-14(20)11-21-17/h2-12H,1H3,(H,21,23,26)/b10-8+. The third kappa shape index (κ3) is 5.08. The minimum absolute atomic E-state index is 0.134. The lowest BCUT2D eigenvalue weighted by Crippen LogP contribution is -2.22. The van der Waals surface area contributed by atoms with Crippen molar-refractivity contribution in [1.82, 2.24) is 9.97 Å². The van der Waals surface area contributed by atoms with Crippen LogP contribution >= 0.6 is 27.3 Å². The number of benzene rings is 1. The average molecular weight is 443 g/mol. The smallest absolute Gasteiger partial charge is 0.249 e. The number of halogens is 1. The van der Waals surface area contributed by atoms with Crippen molar-refractivity contribution < 1.29 is 9.59 Å². The van der Waals surface area contributed by atoms with Gasteiger partial charge in [-0.05, 0) is 46.3 Å². The summed E-state index contributed by atoms with van der Waals surface area (Å²) in [6.07, 6.45) is 4.58. The van der Waals surface area contributed by atoms with Gasteiger partial charge in [0.25, 0.3) is 0 Å². The van der Waals surface area contributed by atoms with E-state index < -0.39 is 0 Å². The van der Waals surface area contributed by atoms with Gasteiger partial charge in [-0.2, -0.15) is 0 Å². The van der Waals surface area contributed by atoms with E-state index >= 15 is 0 Å². The Labute approximate surface area is 168 Å². The number of nitrogens with one attached hydrogen (secondary N) is 1. The summed E-state index contributed by atoms with van der Waals surface area (Å²) < 4.78 is 0.833. The Hall–Kier alpha value is -2.84. The molecule has 27 heavy (non-hydrogen) atoms. The number of aromatic nitrogens is 2. The molecule has 1 N–H and O–H groups in total. The molecule has 0 aliphatic carbocycles. The average Bonchev–Trinajstić information content (AvgIpc) is 3.11. The Kier molecular flexibility index (Phi) is 6.10. The molecule has 0 spiro atoms. The predicted molar refractivity (Wildman–Crippen MR) is 111 cm³/mol. The second-order valence-corrected chi connectivity index (χ2v) is 7.18. The fourth-order valence-electron chi connectivity index (χ4n) is 2.24. The highest BCUT2D eigenvalue weighted by atomic mass is 79.9. The maximum Gasteiger partial charge on any atom is 0.249 e. The summed E-state index contributed by atoms with van der Waals surface area (Å²) in [5, 5.41) is 5.00. The van der Waals surface area contributed by atoms with E-state index in [2.05, 4.69) is 31.2 Å². The van der Waals surface area contributed by atoms with Gasteiger partial charge in [0.2, 0.25) is 11.8 Å². The summed E-state index contributed by atoms with van der Waals surface area (Å²) in [4.78, 5) is 34.1. The summed E-state index contributed by atoms with van der Waals surface area (Å²) in [5.74, 6) is 0.00893. The Morgan fingerprint density at radius 3 is 2.63 bits per heavy atom. The summed E-state index contributed by atoms with van der Waals surface area (Å²) in [6.45, 7) is 1.49. The Morgan fingerprint density at radius 1 is 1.19 bits per heavy atom. The van der Waals surface area contributed by atoms with Crippen molar-refractivity contribution in [3.63, 3.8) is 0 Å². The minimum atomic E-state index is -0.314. The van der Waals surface area contributed by atoms with Gasteiger partial charge in [0.05, 0.1) is 11.4 Å². The molecule has 0 bridgehead atoms. The first-order chi connectivity index (χ1) is 13.0. The molecule has 1 aromatic carbocycles. The van der Waals surface area contributed by atoms with E-state index in [0.29, 0.717) is 16.6 Å². The van der Waals surface area contributed by atoms with Gasteiger partial charge in [-0.3, -0.25) is 14.5 Å². The number of carbonyl (C=O) groups is 2. The van der Waals surface area contributed by atoms with Gasteiger partial charge in [-0.1, -0.05) is 18.2 Å². The first-order valence-corrected chi connectivity index (χ1v) is 9.62. The van der Waals surface area contributed by atoms with Crippen LogP contribution in [-0.4, -0.2) is 21.8 Å². The molecule has 0 atom stereocenters.